The number of H-pyrrole nitrogens is 1. The van der Waals surface area contributed by atoms with Crippen LogP contribution in [0.4, 0.5) is 4.39 Å². The minimum atomic E-state index is -0.899. The number of unbranched alkanes of at least 4 members (excludes halogenated alkanes) is 9. The van der Waals surface area contributed by atoms with Crippen molar-refractivity contribution in [3.63, 3.8) is 0 Å². The van der Waals surface area contributed by atoms with Crippen molar-refractivity contribution in [1.29, 1.82) is 0 Å². The van der Waals surface area contributed by atoms with Gasteiger partial charge in [0.15, 0.2) is 0 Å². The Hall–Kier alpha value is -6.86. The second kappa shape index (κ2) is 28.9. The lowest BCUT2D eigenvalue weighted by Gasteiger charge is -2.35. The molecule has 0 saturated carbocycles. The molecule has 4 heterocycles. The first kappa shape index (κ1) is 59.8. The van der Waals surface area contributed by atoms with Crippen LogP contribution in [0.15, 0.2) is 77.0 Å². The maximum absolute atomic E-state index is 15.0. The van der Waals surface area contributed by atoms with E-state index < -0.39 is 41.2 Å². The highest BCUT2D eigenvalue weighted by Gasteiger charge is 2.44. The maximum atomic E-state index is 15.0. The van der Waals surface area contributed by atoms with E-state index in [1.54, 1.807) is 45.4 Å². The van der Waals surface area contributed by atoms with Gasteiger partial charge in [0.05, 0.1) is 38.8 Å². The third kappa shape index (κ3) is 17.1. The normalized spacial score (nSPS) is 16.0. The summed E-state index contributed by atoms with van der Waals surface area (Å²) in [5, 5.41) is 27.4. The number of halogens is 1. The number of aromatic amines is 1. The number of amides is 6. The Morgan fingerprint density at radius 3 is 2.06 bits per heavy atom. The van der Waals surface area contributed by atoms with Crippen molar-refractivity contribution in [2.45, 2.75) is 155 Å². The lowest BCUT2D eigenvalue weighted by atomic mass is 9.85. The van der Waals surface area contributed by atoms with E-state index in [0.717, 1.165) is 85.9 Å². The van der Waals surface area contributed by atoms with Crippen LogP contribution < -0.4 is 21.5 Å². The lowest BCUT2D eigenvalue weighted by Crippen LogP contribution is -2.57. The summed E-state index contributed by atoms with van der Waals surface area (Å²) in [6.07, 6.45) is 10.5. The molecule has 6 amide bonds. The molecule has 3 atom stereocenters. The second-order valence-corrected chi connectivity index (χ2v) is 23.0. The third-order valence-electron chi connectivity index (χ3n) is 15.0. The second-order valence-electron chi connectivity index (χ2n) is 22.1. The topological polar surface area (TPSA) is 227 Å². The van der Waals surface area contributed by atoms with E-state index in [2.05, 4.69) is 31.1 Å². The molecule has 7 rings (SSSR count). The Morgan fingerprint density at radius 1 is 0.772 bits per heavy atom. The Bertz CT molecular complexity index is 2950. The van der Waals surface area contributed by atoms with Crippen LogP contribution in [0.3, 0.4) is 0 Å². The number of hydrogen-bond acceptors (Lipinski definition) is 11. The smallest absolute Gasteiger partial charge is 0.272 e. The highest BCUT2D eigenvalue weighted by Crippen LogP contribution is 2.29. The number of piperazine rings is 1. The molecule has 5 aromatic rings. The first-order valence-electron chi connectivity index (χ1n) is 28.1. The molecule has 2 aliphatic rings. The number of aliphatic hydroxyl groups is 1. The van der Waals surface area contributed by atoms with Crippen molar-refractivity contribution >= 4 is 57.6 Å². The van der Waals surface area contributed by atoms with Crippen molar-refractivity contribution in [3.05, 3.63) is 116 Å². The lowest BCUT2D eigenvalue weighted by molar-refractivity contribution is -0.144. The van der Waals surface area contributed by atoms with Gasteiger partial charge in [0.2, 0.25) is 29.5 Å². The standard InChI is InChI=1S/C60H78FN9O8S/c1-40-54(79-39-64-40)43-26-23-41(24-27-43)37-63-57(76)50-36-44(71)38-70(50)59(78)55(60(2,3)4)65-52(73)21-13-11-17-29-62-51(72)20-12-9-7-5-6-8-10-14-22-53(74)68-30-32-69(33-31-68)58(77)47-34-42(25-28-48(47)61)35-49-45-18-15-16-19-46(45)56(75)67-66-49/h15-16,18-19,23-28,34,39,44,50,55,71H,5-14,17,20-22,29-33,35-38H2,1-4H3,(H,62,72)(H,63,76)(H,65,73)(H,67,75). The molecule has 79 heavy (non-hydrogen) atoms. The summed E-state index contributed by atoms with van der Waals surface area (Å²) < 4.78 is 15.0. The average Bonchev–Trinajstić information content (AvgIpc) is 4.17. The maximum Gasteiger partial charge on any atom is 0.272 e. The summed E-state index contributed by atoms with van der Waals surface area (Å²) in [7, 11) is 0. The van der Waals surface area contributed by atoms with Gasteiger partial charge in [-0.3, -0.25) is 33.6 Å². The molecule has 2 saturated heterocycles. The molecule has 2 fully saturated rings. The summed E-state index contributed by atoms with van der Waals surface area (Å²) in [5.74, 6) is -1.97. The van der Waals surface area contributed by atoms with Gasteiger partial charge >= 0.3 is 0 Å². The van der Waals surface area contributed by atoms with E-state index in [9.17, 15) is 43.1 Å². The SMILES string of the molecule is Cc1ncsc1-c1ccc(CNC(=O)C2CC(O)CN2C(=O)C(NC(=O)CCCCCNC(=O)CCCCCCCCCCC(=O)N2CCN(C(=O)c3cc(Cc4n[nH]c(=O)c5ccccc45)ccc3F)CC2)C(C)(C)C)cc1. The van der Waals surface area contributed by atoms with Gasteiger partial charge in [-0.1, -0.05) is 114 Å². The number of aromatic nitrogens is 3. The molecule has 0 radical (unpaired) electrons. The third-order valence-corrected chi connectivity index (χ3v) is 16.0. The molecule has 0 spiro atoms. The number of aliphatic hydroxyl groups excluding tert-OH is 1. The largest absolute Gasteiger partial charge is 0.391 e. The number of nitrogens with one attached hydrogen (secondary N) is 4. The van der Waals surface area contributed by atoms with Crippen LogP contribution in [0, 0.1) is 18.2 Å². The number of aryl methyl sites for hydroxylation is 1. The van der Waals surface area contributed by atoms with Crippen LogP contribution in [0.5, 0.6) is 0 Å². The quantitative estimate of drug-likeness (QED) is 0.0338. The Kier molecular flexibility index (Phi) is 21.8. The number of carbonyl (C=O) groups excluding carboxylic acids is 6. The molecule has 5 N–H and O–H groups in total. The van der Waals surface area contributed by atoms with Crippen LogP contribution >= 0.6 is 11.3 Å². The highest BCUT2D eigenvalue weighted by atomic mass is 32.1. The van der Waals surface area contributed by atoms with Crippen LogP contribution in [0.2, 0.25) is 0 Å². The Balaban J connectivity index is 0.689. The fraction of sp³-hybridized carbons (Fsp3) is 0.517. The molecular formula is C60H78FN9O8S. The summed E-state index contributed by atoms with van der Waals surface area (Å²) in [6.45, 7) is 9.78. The van der Waals surface area contributed by atoms with Gasteiger partial charge in [-0.05, 0) is 72.9 Å². The van der Waals surface area contributed by atoms with Crippen molar-refractivity contribution < 1.29 is 38.3 Å². The van der Waals surface area contributed by atoms with Gasteiger partial charge in [-0.2, -0.15) is 5.10 Å². The Morgan fingerprint density at radius 2 is 1.39 bits per heavy atom. The van der Waals surface area contributed by atoms with Gasteiger partial charge in [-0.25, -0.2) is 14.5 Å². The molecule has 424 valence electrons. The van der Waals surface area contributed by atoms with E-state index in [1.807, 2.05) is 69.6 Å². The van der Waals surface area contributed by atoms with Crippen LogP contribution in [-0.2, 0) is 36.9 Å². The molecule has 19 heteroatoms. The molecule has 17 nitrogen and oxygen atoms in total. The van der Waals surface area contributed by atoms with E-state index in [0.29, 0.717) is 80.4 Å². The number of thiazole rings is 1. The molecule has 2 aromatic heterocycles. The van der Waals surface area contributed by atoms with Crippen molar-refractivity contribution in [3.8, 4) is 10.4 Å². The molecule has 0 bridgehead atoms. The first-order chi connectivity index (χ1) is 38.0. The number of benzene rings is 3. The van der Waals surface area contributed by atoms with Crippen molar-refractivity contribution in [2.75, 3.05) is 39.3 Å². The molecule has 3 aromatic carbocycles. The van der Waals surface area contributed by atoms with Gasteiger partial charge in [-0.15, -0.1) is 11.3 Å². The number of hydrogen-bond donors (Lipinski definition) is 5. The monoisotopic (exact) mass is 1100 g/mol. The van der Waals surface area contributed by atoms with E-state index in [1.165, 1.54) is 11.0 Å². The summed E-state index contributed by atoms with van der Waals surface area (Å²) in [5.41, 5.74) is 5.06. The highest BCUT2D eigenvalue weighted by molar-refractivity contribution is 7.13. The molecular weight excluding hydrogens is 1030 g/mol. The molecule has 2 aliphatic heterocycles. The zero-order valence-electron chi connectivity index (χ0n) is 46.3. The number of carbonyl (C=O) groups is 6. The van der Waals surface area contributed by atoms with Crippen molar-refractivity contribution in [2.24, 2.45) is 5.41 Å². The zero-order chi connectivity index (χ0) is 56.5. The number of β-amino-alcohol motifs (C(OH)–C–C–N with tert-alkyl or cyclic N) is 1. The summed E-state index contributed by atoms with van der Waals surface area (Å²) in [6, 6.07) is 17.7. The average molecular weight is 1100 g/mol. The van der Waals surface area contributed by atoms with E-state index in [4.69, 9.17) is 0 Å². The number of nitrogens with zero attached hydrogens (tertiary/aromatic N) is 5. The van der Waals surface area contributed by atoms with E-state index >= 15 is 0 Å². The zero-order valence-corrected chi connectivity index (χ0v) is 47.1. The van der Waals surface area contributed by atoms with E-state index in [-0.39, 0.29) is 60.7 Å². The predicted molar refractivity (Wildman–Crippen MR) is 303 cm³/mol. The number of fused-ring (bicyclic) bond motifs is 1. The number of likely N-dealkylation sites (tertiary alicyclic amines) is 1. The van der Waals surface area contributed by atoms with Gasteiger partial charge < -0.3 is 35.8 Å². The minimum Gasteiger partial charge on any atom is -0.391 e. The van der Waals surface area contributed by atoms with Crippen LogP contribution in [0.1, 0.15) is 150 Å². The van der Waals surface area contributed by atoms with Gasteiger partial charge in [0.25, 0.3) is 11.5 Å². The first-order valence-corrected chi connectivity index (χ1v) is 29.0. The van der Waals surface area contributed by atoms with Crippen LogP contribution in [0.25, 0.3) is 21.2 Å². The van der Waals surface area contributed by atoms with Crippen molar-refractivity contribution in [1.82, 2.24) is 45.8 Å². The van der Waals surface area contributed by atoms with Gasteiger partial charge in [0.1, 0.15) is 17.9 Å². The summed E-state index contributed by atoms with van der Waals surface area (Å²) in [4.78, 5) is 102. The van der Waals surface area contributed by atoms with Gasteiger partial charge in [0, 0.05) is 83.3 Å². The summed E-state index contributed by atoms with van der Waals surface area (Å²) >= 11 is 1.57. The fourth-order valence-electron chi connectivity index (χ4n) is 10.4. The minimum absolute atomic E-state index is 0.00273. The number of rotatable bonds is 26. The fourth-order valence-corrected chi connectivity index (χ4v) is 11.2. The molecule has 3 unspecified atom stereocenters. The van der Waals surface area contributed by atoms with Crippen LogP contribution in [-0.4, -0.2) is 128 Å². The Labute approximate surface area is 466 Å². The molecule has 0 aliphatic carbocycles. The predicted octanol–water partition coefficient (Wildman–Crippen LogP) is 7.76.